The molecule has 0 N–H and O–H groups in total. The molecular weight excluding hydrogens is 244 g/mol. The van der Waals surface area contributed by atoms with Crippen molar-refractivity contribution < 1.29 is 18.9 Å². The van der Waals surface area contributed by atoms with E-state index in [0.717, 1.165) is 39.3 Å². The van der Waals surface area contributed by atoms with Crippen molar-refractivity contribution in [1.29, 1.82) is 0 Å². The lowest BCUT2D eigenvalue weighted by Gasteiger charge is -2.16. The van der Waals surface area contributed by atoms with Crippen LogP contribution in [0.4, 0.5) is 0 Å². The number of rotatable bonds is 4. The highest BCUT2D eigenvalue weighted by Crippen LogP contribution is 2.42. The van der Waals surface area contributed by atoms with Crippen LogP contribution >= 0.6 is 0 Å². The molecule has 0 aliphatic rings. The number of methoxy groups -OCH3 is 4. The molecule has 0 amide bonds. The summed E-state index contributed by atoms with van der Waals surface area (Å²) in [6.45, 7) is 2.00. The summed E-state index contributed by atoms with van der Waals surface area (Å²) in [4.78, 5) is 0. The lowest BCUT2D eigenvalue weighted by atomic mass is 10.0. The summed E-state index contributed by atoms with van der Waals surface area (Å²) in [6, 6.07) is 5.67. The maximum absolute atomic E-state index is 5.44. The van der Waals surface area contributed by atoms with Crippen LogP contribution in [0.5, 0.6) is 23.0 Å². The molecule has 0 atom stereocenters. The summed E-state index contributed by atoms with van der Waals surface area (Å²) in [5.74, 6) is 2.95. The predicted molar refractivity (Wildman–Crippen MR) is 74.9 cm³/mol. The Labute approximate surface area is 112 Å². The fourth-order valence-corrected chi connectivity index (χ4v) is 2.22. The third-order valence-electron chi connectivity index (χ3n) is 3.25. The smallest absolute Gasteiger partial charge is 0.134 e. The first-order valence-corrected chi connectivity index (χ1v) is 5.93. The van der Waals surface area contributed by atoms with Crippen molar-refractivity contribution in [3.8, 4) is 23.0 Å². The second kappa shape index (κ2) is 5.26. The third-order valence-corrected chi connectivity index (χ3v) is 3.25. The molecule has 0 fully saturated rings. The van der Waals surface area contributed by atoms with Crippen LogP contribution in [0.25, 0.3) is 10.8 Å². The van der Waals surface area contributed by atoms with E-state index in [1.54, 1.807) is 28.4 Å². The SMILES string of the molecule is COc1cc(OC)c2c(OC)cc(OC)c(C)c2c1. The molecule has 19 heavy (non-hydrogen) atoms. The van der Waals surface area contributed by atoms with Crippen molar-refractivity contribution in [2.75, 3.05) is 28.4 Å². The second-order valence-electron chi connectivity index (χ2n) is 4.16. The van der Waals surface area contributed by atoms with Gasteiger partial charge in [0.1, 0.15) is 23.0 Å². The molecule has 2 aromatic carbocycles. The standard InChI is InChI=1S/C15H18O4/c1-9-11-6-10(16-2)7-13(18-4)15(11)14(19-5)8-12(9)17-3/h6-8H,1-5H3. The van der Waals surface area contributed by atoms with Gasteiger partial charge < -0.3 is 18.9 Å². The number of benzene rings is 2. The van der Waals surface area contributed by atoms with Gasteiger partial charge in [-0.1, -0.05) is 0 Å². The molecule has 0 unspecified atom stereocenters. The van der Waals surface area contributed by atoms with Gasteiger partial charge in [0.15, 0.2) is 0 Å². The number of hydrogen-bond donors (Lipinski definition) is 0. The maximum Gasteiger partial charge on any atom is 0.134 e. The van der Waals surface area contributed by atoms with Crippen LogP contribution < -0.4 is 18.9 Å². The summed E-state index contributed by atoms with van der Waals surface area (Å²) in [5, 5.41) is 1.91. The van der Waals surface area contributed by atoms with Crippen molar-refractivity contribution in [2.24, 2.45) is 0 Å². The van der Waals surface area contributed by atoms with Gasteiger partial charge in [-0.2, -0.15) is 0 Å². The summed E-state index contributed by atoms with van der Waals surface area (Å²) in [7, 11) is 6.54. The van der Waals surface area contributed by atoms with Crippen molar-refractivity contribution in [3.05, 3.63) is 23.8 Å². The molecule has 102 valence electrons. The molecule has 0 radical (unpaired) electrons. The van der Waals surface area contributed by atoms with E-state index in [1.165, 1.54) is 0 Å². The minimum atomic E-state index is 0.719. The van der Waals surface area contributed by atoms with Crippen LogP contribution in [0, 0.1) is 6.92 Å². The van der Waals surface area contributed by atoms with Gasteiger partial charge in [-0.05, 0) is 23.9 Å². The number of fused-ring (bicyclic) bond motifs is 1. The molecule has 0 aliphatic carbocycles. The molecule has 0 aliphatic heterocycles. The third kappa shape index (κ3) is 2.14. The van der Waals surface area contributed by atoms with E-state index >= 15 is 0 Å². The number of aryl methyl sites for hydroxylation is 1. The van der Waals surface area contributed by atoms with E-state index < -0.39 is 0 Å². The molecular formula is C15H18O4. The van der Waals surface area contributed by atoms with Gasteiger partial charge >= 0.3 is 0 Å². The quantitative estimate of drug-likeness (QED) is 0.848. The first-order chi connectivity index (χ1) is 9.15. The number of hydrogen-bond acceptors (Lipinski definition) is 4. The molecule has 2 rings (SSSR count). The maximum atomic E-state index is 5.44. The second-order valence-corrected chi connectivity index (χ2v) is 4.16. The fraction of sp³-hybridized carbons (Fsp3) is 0.333. The van der Waals surface area contributed by atoms with Crippen LogP contribution in [-0.4, -0.2) is 28.4 Å². The van der Waals surface area contributed by atoms with Crippen LogP contribution in [0.3, 0.4) is 0 Å². The molecule has 0 heterocycles. The Hall–Kier alpha value is -2.10. The minimum Gasteiger partial charge on any atom is -0.497 e. The van der Waals surface area contributed by atoms with Gasteiger partial charge in [0.2, 0.25) is 0 Å². The zero-order valence-electron chi connectivity index (χ0n) is 11.9. The molecule has 4 nitrogen and oxygen atoms in total. The highest BCUT2D eigenvalue weighted by molar-refractivity contribution is 5.98. The highest BCUT2D eigenvalue weighted by Gasteiger charge is 2.16. The molecule has 0 bridgehead atoms. The van der Waals surface area contributed by atoms with Crippen LogP contribution in [0.1, 0.15) is 5.56 Å². The van der Waals surface area contributed by atoms with Gasteiger partial charge in [-0.25, -0.2) is 0 Å². The molecule has 4 heteroatoms. The monoisotopic (exact) mass is 262 g/mol. The highest BCUT2D eigenvalue weighted by atomic mass is 16.5. The molecule has 0 aromatic heterocycles. The first-order valence-electron chi connectivity index (χ1n) is 5.93. The first kappa shape index (κ1) is 13.3. The van der Waals surface area contributed by atoms with Crippen LogP contribution in [0.15, 0.2) is 18.2 Å². The minimum absolute atomic E-state index is 0.719. The molecule has 0 saturated carbocycles. The average molecular weight is 262 g/mol. The summed E-state index contributed by atoms with van der Waals surface area (Å²) in [6.07, 6.45) is 0. The van der Waals surface area contributed by atoms with Crippen molar-refractivity contribution in [3.63, 3.8) is 0 Å². The van der Waals surface area contributed by atoms with E-state index in [1.807, 2.05) is 25.1 Å². The van der Waals surface area contributed by atoms with Gasteiger partial charge in [0, 0.05) is 12.1 Å². The Morgan fingerprint density at radius 3 is 1.79 bits per heavy atom. The molecule has 2 aromatic rings. The van der Waals surface area contributed by atoms with Crippen molar-refractivity contribution in [1.82, 2.24) is 0 Å². The van der Waals surface area contributed by atoms with Gasteiger partial charge in [0.25, 0.3) is 0 Å². The van der Waals surface area contributed by atoms with Gasteiger partial charge in [-0.3, -0.25) is 0 Å². The summed E-state index contributed by atoms with van der Waals surface area (Å²) < 4.78 is 21.6. The van der Waals surface area contributed by atoms with Crippen molar-refractivity contribution >= 4 is 10.8 Å². The van der Waals surface area contributed by atoms with E-state index in [2.05, 4.69) is 0 Å². The summed E-state index contributed by atoms with van der Waals surface area (Å²) >= 11 is 0. The lowest BCUT2D eigenvalue weighted by molar-refractivity contribution is 0.387. The summed E-state index contributed by atoms with van der Waals surface area (Å²) in [5.41, 5.74) is 1.02. The van der Waals surface area contributed by atoms with Gasteiger partial charge in [-0.15, -0.1) is 0 Å². The Balaban J connectivity index is 2.91. The van der Waals surface area contributed by atoms with Crippen LogP contribution in [0.2, 0.25) is 0 Å². The number of ether oxygens (including phenoxy) is 4. The molecule has 0 saturated heterocycles. The van der Waals surface area contributed by atoms with E-state index in [4.69, 9.17) is 18.9 Å². The lowest BCUT2D eigenvalue weighted by Crippen LogP contribution is -1.96. The average Bonchev–Trinajstić information content (AvgIpc) is 2.46. The van der Waals surface area contributed by atoms with Crippen molar-refractivity contribution in [2.45, 2.75) is 6.92 Å². The van der Waals surface area contributed by atoms with E-state index in [0.29, 0.717) is 0 Å². The zero-order chi connectivity index (χ0) is 14.0. The van der Waals surface area contributed by atoms with Gasteiger partial charge in [0.05, 0.1) is 33.8 Å². The largest absolute Gasteiger partial charge is 0.497 e. The van der Waals surface area contributed by atoms with E-state index in [-0.39, 0.29) is 0 Å². The Morgan fingerprint density at radius 2 is 1.26 bits per heavy atom. The predicted octanol–water partition coefficient (Wildman–Crippen LogP) is 3.18. The fourth-order valence-electron chi connectivity index (χ4n) is 2.22. The van der Waals surface area contributed by atoms with E-state index in [9.17, 15) is 0 Å². The Morgan fingerprint density at radius 1 is 0.684 bits per heavy atom. The zero-order valence-corrected chi connectivity index (χ0v) is 11.9. The molecule has 0 spiro atoms. The Kier molecular flexibility index (Phi) is 3.69. The topological polar surface area (TPSA) is 36.9 Å². The normalized spacial score (nSPS) is 10.4. The Bertz CT molecular complexity index is 595. The van der Waals surface area contributed by atoms with Crippen LogP contribution in [-0.2, 0) is 0 Å².